The molecule has 0 atom stereocenters. The second-order valence-electron chi connectivity index (χ2n) is 5.30. The lowest BCUT2D eigenvalue weighted by atomic mass is 9.95. The number of para-hydroxylation sites is 1. The van der Waals surface area contributed by atoms with Crippen molar-refractivity contribution < 1.29 is 9.47 Å². The number of aryl methyl sites for hydroxylation is 1. The monoisotopic (exact) mass is 283 g/mol. The fourth-order valence-corrected chi connectivity index (χ4v) is 3.02. The SMILES string of the molecule is COc1cccc(OC)c1Cc1cccc2c1NCCC2. The molecule has 1 aliphatic rings. The lowest BCUT2D eigenvalue weighted by Crippen LogP contribution is -2.14. The Kier molecular flexibility index (Phi) is 4.00. The van der Waals surface area contributed by atoms with Gasteiger partial charge in [0.2, 0.25) is 0 Å². The smallest absolute Gasteiger partial charge is 0.126 e. The highest BCUT2D eigenvalue weighted by molar-refractivity contribution is 5.61. The minimum absolute atomic E-state index is 0.809. The van der Waals surface area contributed by atoms with E-state index in [2.05, 4.69) is 23.5 Å². The summed E-state index contributed by atoms with van der Waals surface area (Å²) in [6.45, 7) is 1.05. The summed E-state index contributed by atoms with van der Waals surface area (Å²) in [7, 11) is 3.41. The van der Waals surface area contributed by atoms with Crippen LogP contribution in [-0.4, -0.2) is 20.8 Å². The predicted molar refractivity (Wildman–Crippen MR) is 85.6 cm³/mol. The number of rotatable bonds is 4. The largest absolute Gasteiger partial charge is 0.496 e. The number of methoxy groups -OCH3 is 2. The number of anilines is 1. The number of hydrogen-bond donors (Lipinski definition) is 1. The van der Waals surface area contributed by atoms with Crippen LogP contribution in [0.3, 0.4) is 0 Å². The first-order chi connectivity index (χ1) is 10.3. The second kappa shape index (κ2) is 6.08. The zero-order valence-electron chi connectivity index (χ0n) is 12.6. The highest BCUT2D eigenvalue weighted by Crippen LogP contribution is 2.34. The number of nitrogens with one attached hydrogen (secondary N) is 1. The van der Waals surface area contributed by atoms with Crippen LogP contribution in [0.1, 0.15) is 23.1 Å². The van der Waals surface area contributed by atoms with Crippen molar-refractivity contribution in [1.29, 1.82) is 0 Å². The van der Waals surface area contributed by atoms with Gasteiger partial charge in [0.15, 0.2) is 0 Å². The molecule has 21 heavy (non-hydrogen) atoms. The first-order valence-corrected chi connectivity index (χ1v) is 7.38. The van der Waals surface area contributed by atoms with Crippen molar-refractivity contribution in [2.24, 2.45) is 0 Å². The number of benzene rings is 2. The molecule has 0 fully saturated rings. The van der Waals surface area contributed by atoms with E-state index in [1.807, 2.05) is 18.2 Å². The predicted octanol–water partition coefficient (Wildman–Crippen LogP) is 3.65. The van der Waals surface area contributed by atoms with E-state index >= 15 is 0 Å². The van der Waals surface area contributed by atoms with Gasteiger partial charge in [0, 0.05) is 24.2 Å². The minimum Gasteiger partial charge on any atom is -0.496 e. The highest BCUT2D eigenvalue weighted by Gasteiger charge is 2.16. The van der Waals surface area contributed by atoms with Crippen LogP contribution in [0.4, 0.5) is 5.69 Å². The van der Waals surface area contributed by atoms with E-state index in [1.54, 1.807) is 14.2 Å². The summed E-state index contributed by atoms with van der Waals surface area (Å²) in [6.07, 6.45) is 3.16. The van der Waals surface area contributed by atoms with Gasteiger partial charge in [-0.15, -0.1) is 0 Å². The molecule has 2 aromatic carbocycles. The summed E-state index contributed by atoms with van der Waals surface area (Å²) in [6, 6.07) is 12.5. The fraction of sp³-hybridized carbons (Fsp3) is 0.333. The molecule has 1 aliphatic heterocycles. The van der Waals surface area contributed by atoms with Crippen LogP contribution in [0, 0.1) is 0 Å². The molecule has 1 heterocycles. The average Bonchev–Trinajstić information content (AvgIpc) is 2.55. The maximum absolute atomic E-state index is 5.50. The third-order valence-corrected chi connectivity index (χ3v) is 4.06. The van der Waals surface area contributed by atoms with Crippen molar-refractivity contribution in [3.63, 3.8) is 0 Å². The van der Waals surface area contributed by atoms with Crippen molar-refractivity contribution in [3.05, 3.63) is 53.1 Å². The molecule has 110 valence electrons. The van der Waals surface area contributed by atoms with Gasteiger partial charge < -0.3 is 14.8 Å². The Bertz CT molecular complexity index is 615. The molecule has 1 N–H and O–H groups in total. The van der Waals surface area contributed by atoms with Crippen LogP contribution in [0.2, 0.25) is 0 Å². The van der Waals surface area contributed by atoms with Crippen molar-refractivity contribution in [1.82, 2.24) is 0 Å². The molecule has 3 nitrogen and oxygen atoms in total. The molecule has 0 radical (unpaired) electrons. The van der Waals surface area contributed by atoms with Crippen LogP contribution < -0.4 is 14.8 Å². The molecule has 3 rings (SSSR count). The van der Waals surface area contributed by atoms with E-state index in [9.17, 15) is 0 Å². The summed E-state index contributed by atoms with van der Waals surface area (Å²) in [4.78, 5) is 0. The van der Waals surface area contributed by atoms with Gasteiger partial charge in [-0.2, -0.15) is 0 Å². The molecular formula is C18H21NO2. The van der Waals surface area contributed by atoms with Crippen LogP contribution >= 0.6 is 0 Å². The summed E-state index contributed by atoms with van der Waals surface area (Å²) >= 11 is 0. The van der Waals surface area contributed by atoms with Gasteiger partial charge >= 0.3 is 0 Å². The molecular weight excluding hydrogens is 262 g/mol. The summed E-state index contributed by atoms with van der Waals surface area (Å²) in [5.41, 5.74) is 5.10. The highest BCUT2D eigenvalue weighted by atomic mass is 16.5. The molecule has 0 saturated heterocycles. The molecule has 0 spiro atoms. The van der Waals surface area contributed by atoms with Crippen molar-refractivity contribution in [3.8, 4) is 11.5 Å². The number of fused-ring (bicyclic) bond motifs is 1. The van der Waals surface area contributed by atoms with Crippen molar-refractivity contribution in [2.75, 3.05) is 26.1 Å². The van der Waals surface area contributed by atoms with Gasteiger partial charge in [-0.1, -0.05) is 24.3 Å². The quantitative estimate of drug-likeness (QED) is 0.929. The van der Waals surface area contributed by atoms with E-state index in [0.717, 1.165) is 36.4 Å². The number of ether oxygens (including phenoxy) is 2. The Labute approximate surface area is 125 Å². The third-order valence-electron chi connectivity index (χ3n) is 4.06. The third kappa shape index (κ3) is 2.68. The molecule has 0 saturated carbocycles. The Hall–Kier alpha value is -2.16. The van der Waals surface area contributed by atoms with Gasteiger partial charge in [-0.25, -0.2) is 0 Å². The lowest BCUT2D eigenvalue weighted by molar-refractivity contribution is 0.387. The Morgan fingerprint density at radius 1 is 1.00 bits per heavy atom. The molecule has 0 aromatic heterocycles. The topological polar surface area (TPSA) is 30.5 Å². The summed E-state index contributed by atoms with van der Waals surface area (Å²) in [5, 5.41) is 3.54. The van der Waals surface area contributed by atoms with E-state index in [1.165, 1.54) is 23.2 Å². The normalized spacial score (nSPS) is 13.2. The standard InChI is InChI=1S/C18H21NO2/c1-20-16-9-4-10-17(21-2)15(16)12-14-7-3-6-13-8-5-11-19-18(13)14/h3-4,6-7,9-10,19H,5,8,11-12H2,1-2H3. The molecule has 0 amide bonds. The molecule has 0 bridgehead atoms. The zero-order chi connectivity index (χ0) is 14.7. The maximum atomic E-state index is 5.50. The van der Waals surface area contributed by atoms with Crippen LogP contribution in [0.25, 0.3) is 0 Å². The Morgan fingerprint density at radius 3 is 2.43 bits per heavy atom. The molecule has 3 heteroatoms. The van der Waals surface area contributed by atoms with Gasteiger partial charge in [-0.3, -0.25) is 0 Å². The van der Waals surface area contributed by atoms with Gasteiger partial charge in [0.25, 0.3) is 0 Å². The fourth-order valence-electron chi connectivity index (χ4n) is 3.02. The first-order valence-electron chi connectivity index (χ1n) is 7.38. The van der Waals surface area contributed by atoms with Crippen LogP contribution in [0.15, 0.2) is 36.4 Å². The molecule has 0 unspecified atom stereocenters. The van der Waals surface area contributed by atoms with E-state index in [0.29, 0.717) is 0 Å². The average molecular weight is 283 g/mol. The Balaban J connectivity index is 2.01. The van der Waals surface area contributed by atoms with E-state index in [4.69, 9.17) is 9.47 Å². The number of hydrogen-bond acceptors (Lipinski definition) is 3. The lowest BCUT2D eigenvalue weighted by Gasteiger charge is -2.22. The molecule has 2 aromatic rings. The first kappa shape index (κ1) is 13.8. The Morgan fingerprint density at radius 2 is 1.71 bits per heavy atom. The minimum atomic E-state index is 0.809. The van der Waals surface area contributed by atoms with Crippen molar-refractivity contribution >= 4 is 5.69 Å². The van der Waals surface area contributed by atoms with Crippen molar-refractivity contribution in [2.45, 2.75) is 19.3 Å². The van der Waals surface area contributed by atoms with Gasteiger partial charge in [0.1, 0.15) is 11.5 Å². The van der Waals surface area contributed by atoms with Crippen LogP contribution in [-0.2, 0) is 12.8 Å². The maximum Gasteiger partial charge on any atom is 0.126 e. The summed E-state index contributed by atoms with van der Waals surface area (Å²) < 4.78 is 11.0. The molecule has 0 aliphatic carbocycles. The van der Waals surface area contributed by atoms with Gasteiger partial charge in [0.05, 0.1) is 14.2 Å². The van der Waals surface area contributed by atoms with Gasteiger partial charge in [-0.05, 0) is 36.1 Å². The summed E-state index contributed by atoms with van der Waals surface area (Å²) in [5.74, 6) is 1.76. The van der Waals surface area contributed by atoms with E-state index in [-0.39, 0.29) is 0 Å². The second-order valence-corrected chi connectivity index (χ2v) is 5.30. The van der Waals surface area contributed by atoms with Crippen LogP contribution in [0.5, 0.6) is 11.5 Å². The van der Waals surface area contributed by atoms with E-state index < -0.39 is 0 Å². The zero-order valence-corrected chi connectivity index (χ0v) is 12.6.